The highest BCUT2D eigenvalue weighted by molar-refractivity contribution is 5.25. The molecule has 0 heterocycles. The SMILES string of the molecule is CCCN(CCC(N)c1ccc(C)c(F)c1)CC1CC1. The van der Waals surface area contributed by atoms with Crippen molar-refractivity contribution < 1.29 is 4.39 Å². The first kappa shape index (κ1) is 15.5. The zero-order valence-electron chi connectivity index (χ0n) is 12.7. The van der Waals surface area contributed by atoms with Gasteiger partial charge in [0.25, 0.3) is 0 Å². The first-order chi connectivity index (χ1) is 9.60. The van der Waals surface area contributed by atoms with Crippen LogP contribution in [0.25, 0.3) is 0 Å². The molecule has 1 atom stereocenters. The molecule has 1 fully saturated rings. The molecular formula is C17H27FN2. The summed E-state index contributed by atoms with van der Waals surface area (Å²) in [6, 6.07) is 5.29. The third-order valence-electron chi connectivity index (χ3n) is 4.13. The van der Waals surface area contributed by atoms with Crippen LogP contribution in [0.3, 0.4) is 0 Å². The average molecular weight is 278 g/mol. The molecular weight excluding hydrogens is 251 g/mol. The summed E-state index contributed by atoms with van der Waals surface area (Å²) in [6.45, 7) is 7.37. The number of hydrogen-bond donors (Lipinski definition) is 1. The molecule has 1 aliphatic rings. The molecule has 0 radical (unpaired) electrons. The molecule has 0 aliphatic heterocycles. The van der Waals surface area contributed by atoms with Crippen molar-refractivity contribution in [1.29, 1.82) is 0 Å². The predicted octanol–water partition coefficient (Wildman–Crippen LogP) is 3.65. The minimum absolute atomic E-state index is 0.0661. The Morgan fingerprint density at radius 3 is 2.70 bits per heavy atom. The van der Waals surface area contributed by atoms with Crippen LogP contribution in [0, 0.1) is 18.7 Å². The highest BCUT2D eigenvalue weighted by Crippen LogP contribution is 2.30. The van der Waals surface area contributed by atoms with E-state index in [0.29, 0.717) is 5.56 Å². The number of rotatable bonds is 8. The fourth-order valence-corrected chi connectivity index (χ4v) is 2.60. The lowest BCUT2D eigenvalue weighted by Crippen LogP contribution is -2.30. The van der Waals surface area contributed by atoms with Gasteiger partial charge in [-0.05, 0) is 68.8 Å². The van der Waals surface area contributed by atoms with E-state index in [9.17, 15) is 4.39 Å². The normalized spacial score (nSPS) is 16.6. The van der Waals surface area contributed by atoms with E-state index in [1.807, 2.05) is 12.1 Å². The van der Waals surface area contributed by atoms with Crippen molar-refractivity contribution >= 4 is 0 Å². The topological polar surface area (TPSA) is 29.3 Å². The van der Waals surface area contributed by atoms with Crippen LogP contribution in [0.15, 0.2) is 18.2 Å². The van der Waals surface area contributed by atoms with Gasteiger partial charge in [0.1, 0.15) is 5.82 Å². The Morgan fingerprint density at radius 1 is 1.35 bits per heavy atom. The molecule has 0 aromatic heterocycles. The molecule has 1 aliphatic carbocycles. The van der Waals surface area contributed by atoms with Crippen molar-refractivity contribution in [1.82, 2.24) is 4.90 Å². The predicted molar refractivity (Wildman–Crippen MR) is 82.1 cm³/mol. The van der Waals surface area contributed by atoms with E-state index in [0.717, 1.165) is 31.0 Å². The van der Waals surface area contributed by atoms with Crippen molar-refractivity contribution in [3.63, 3.8) is 0 Å². The summed E-state index contributed by atoms with van der Waals surface area (Å²) >= 11 is 0. The van der Waals surface area contributed by atoms with Gasteiger partial charge in [0.2, 0.25) is 0 Å². The van der Waals surface area contributed by atoms with Crippen LogP contribution in [0.5, 0.6) is 0 Å². The summed E-state index contributed by atoms with van der Waals surface area (Å²) in [5.74, 6) is 0.760. The van der Waals surface area contributed by atoms with E-state index in [4.69, 9.17) is 5.73 Å². The minimum Gasteiger partial charge on any atom is -0.324 e. The minimum atomic E-state index is -0.152. The quantitative estimate of drug-likeness (QED) is 0.786. The number of aryl methyl sites for hydroxylation is 1. The third-order valence-corrected chi connectivity index (χ3v) is 4.13. The van der Waals surface area contributed by atoms with Gasteiger partial charge < -0.3 is 10.6 Å². The molecule has 1 saturated carbocycles. The molecule has 0 saturated heterocycles. The number of nitrogens with two attached hydrogens (primary N) is 1. The van der Waals surface area contributed by atoms with Crippen LogP contribution >= 0.6 is 0 Å². The van der Waals surface area contributed by atoms with Crippen LogP contribution < -0.4 is 5.73 Å². The van der Waals surface area contributed by atoms with Crippen molar-refractivity contribution in [3.8, 4) is 0 Å². The first-order valence-electron chi connectivity index (χ1n) is 7.84. The van der Waals surface area contributed by atoms with Crippen molar-refractivity contribution in [2.45, 2.75) is 45.6 Å². The maximum absolute atomic E-state index is 13.6. The van der Waals surface area contributed by atoms with E-state index >= 15 is 0 Å². The Bertz CT molecular complexity index is 429. The lowest BCUT2D eigenvalue weighted by Gasteiger charge is -2.23. The van der Waals surface area contributed by atoms with Crippen LogP contribution in [0.2, 0.25) is 0 Å². The number of halogens is 1. The van der Waals surface area contributed by atoms with Gasteiger partial charge in [0.15, 0.2) is 0 Å². The van der Waals surface area contributed by atoms with Crippen molar-refractivity contribution in [2.75, 3.05) is 19.6 Å². The summed E-state index contributed by atoms with van der Waals surface area (Å²) in [5.41, 5.74) is 7.81. The molecule has 2 N–H and O–H groups in total. The Labute approximate surface area is 122 Å². The Morgan fingerprint density at radius 2 is 2.10 bits per heavy atom. The molecule has 3 heteroatoms. The zero-order valence-corrected chi connectivity index (χ0v) is 12.7. The van der Waals surface area contributed by atoms with Crippen molar-refractivity contribution in [2.24, 2.45) is 11.7 Å². The zero-order chi connectivity index (χ0) is 14.5. The molecule has 1 aromatic rings. The second-order valence-corrected chi connectivity index (χ2v) is 6.15. The summed E-state index contributed by atoms with van der Waals surface area (Å²) in [7, 11) is 0. The highest BCUT2D eigenvalue weighted by Gasteiger charge is 2.24. The van der Waals surface area contributed by atoms with E-state index < -0.39 is 0 Å². The highest BCUT2D eigenvalue weighted by atomic mass is 19.1. The second-order valence-electron chi connectivity index (χ2n) is 6.15. The van der Waals surface area contributed by atoms with E-state index in [-0.39, 0.29) is 11.9 Å². The third kappa shape index (κ3) is 4.57. The summed E-state index contributed by atoms with van der Waals surface area (Å²) in [6.07, 6.45) is 4.85. The molecule has 112 valence electrons. The van der Waals surface area contributed by atoms with Gasteiger partial charge in [0, 0.05) is 12.6 Å². The van der Waals surface area contributed by atoms with Crippen LogP contribution in [0.4, 0.5) is 4.39 Å². The fourth-order valence-electron chi connectivity index (χ4n) is 2.60. The smallest absolute Gasteiger partial charge is 0.126 e. The standard InChI is InChI=1S/C17H27FN2/c1-3-9-20(12-14-5-6-14)10-8-17(19)15-7-4-13(2)16(18)11-15/h4,7,11,14,17H,3,5-6,8-10,12,19H2,1-2H3. The second kappa shape index (κ2) is 7.19. The monoisotopic (exact) mass is 278 g/mol. The summed E-state index contributed by atoms with van der Waals surface area (Å²) in [5, 5.41) is 0. The van der Waals surface area contributed by atoms with Crippen LogP contribution in [0.1, 0.15) is 49.8 Å². The van der Waals surface area contributed by atoms with Gasteiger partial charge in [-0.15, -0.1) is 0 Å². The van der Waals surface area contributed by atoms with Crippen LogP contribution in [-0.4, -0.2) is 24.5 Å². The molecule has 1 unspecified atom stereocenters. The molecule has 0 spiro atoms. The summed E-state index contributed by atoms with van der Waals surface area (Å²) < 4.78 is 13.6. The Hall–Kier alpha value is -0.930. The molecule has 1 aromatic carbocycles. The lowest BCUT2D eigenvalue weighted by molar-refractivity contribution is 0.253. The van der Waals surface area contributed by atoms with Gasteiger partial charge in [-0.3, -0.25) is 0 Å². The van der Waals surface area contributed by atoms with E-state index in [1.54, 1.807) is 13.0 Å². The van der Waals surface area contributed by atoms with Gasteiger partial charge in [-0.2, -0.15) is 0 Å². The fraction of sp³-hybridized carbons (Fsp3) is 0.647. The molecule has 0 bridgehead atoms. The van der Waals surface area contributed by atoms with Gasteiger partial charge in [0.05, 0.1) is 0 Å². The summed E-state index contributed by atoms with van der Waals surface area (Å²) in [4.78, 5) is 2.52. The van der Waals surface area contributed by atoms with Gasteiger partial charge in [-0.25, -0.2) is 4.39 Å². The van der Waals surface area contributed by atoms with E-state index in [1.165, 1.54) is 25.8 Å². The molecule has 0 amide bonds. The number of hydrogen-bond acceptors (Lipinski definition) is 2. The molecule has 2 rings (SSSR count). The van der Waals surface area contributed by atoms with Crippen molar-refractivity contribution in [3.05, 3.63) is 35.1 Å². The average Bonchev–Trinajstić information content (AvgIpc) is 3.23. The Kier molecular flexibility index (Phi) is 5.55. The van der Waals surface area contributed by atoms with Crippen LogP contribution in [-0.2, 0) is 0 Å². The van der Waals surface area contributed by atoms with Gasteiger partial charge in [-0.1, -0.05) is 19.1 Å². The largest absolute Gasteiger partial charge is 0.324 e. The Balaban J connectivity index is 1.85. The maximum atomic E-state index is 13.6. The maximum Gasteiger partial charge on any atom is 0.126 e. The lowest BCUT2D eigenvalue weighted by atomic mass is 10.0. The van der Waals surface area contributed by atoms with E-state index in [2.05, 4.69) is 11.8 Å². The molecule has 20 heavy (non-hydrogen) atoms. The van der Waals surface area contributed by atoms with Gasteiger partial charge >= 0.3 is 0 Å². The number of nitrogens with zero attached hydrogens (tertiary/aromatic N) is 1. The molecule has 2 nitrogen and oxygen atoms in total. The first-order valence-corrected chi connectivity index (χ1v) is 7.84. The number of benzene rings is 1.